The zero-order valence-corrected chi connectivity index (χ0v) is 14.7. The normalized spacial score (nSPS) is 16.6. The van der Waals surface area contributed by atoms with Crippen molar-refractivity contribution in [1.82, 2.24) is 19.9 Å². The van der Waals surface area contributed by atoms with Crippen LogP contribution in [0.15, 0.2) is 30.5 Å². The van der Waals surface area contributed by atoms with Crippen LogP contribution in [0.1, 0.15) is 25.8 Å². The number of carbonyl (C=O) groups is 2. The van der Waals surface area contributed by atoms with Crippen LogP contribution in [0, 0.1) is 5.92 Å². The van der Waals surface area contributed by atoms with E-state index in [0.717, 1.165) is 5.56 Å². The molecule has 0 saturated carbocycles. The smallest absolute Gasteiger partial charge is 0.247 e. The molecule has 2 N–H and O–H groups in total. The van der Waals surface area contributed by atoms with E-state index in [4.69, 9.17) is 17.3 Å². The van der Waals surface area contributed by atoms with Gasteiger partial charge in [0, 0.05) is 29.6 Å². The third kappa shape index (κ3) is 3.82. The number of nitrogens with two attached hydrogens (primary N) is 1. The lowest BCUT2D eigenvalue weighted by Gasteiger charge is -2.32. The summed E-state index contributed by atoms with van der Waals surface area (Å²) in [5.74, 6) is -0.465. The van der Waals surface area contributed by atoms with Crippen LogP contribution in [0.25, 0.3) is 11.3 Å². The van der Waals surface area contributed by atoms with Gasteiger partial charge in [0.1, 0.15) is 11.7 Å². The Morgan fingerprint density at radius 1 is 1.32 bits per heavy atom. The largest absolute Gasteiger partial charge is 0.369 e. The number of rotatable bonds is 4. The molecule has 1 saturated heterocycles. The predicted molar refractivity (Wildman–Crippen MR) is 93.7 cm³/mol. The van der Waals surface area contributed by atoms with Gasteiger partial charge in [0.25, 0.3) is 0 Å². The number of hydrogen-bond acceptors (Lipinski definition) is 4. The molecule has 2 amide bonds. The Morgan fingerprint density at radius 3 is 2.68 bits per heavy atom. The molecule has 1 unspecified atom stereocenters. The summed E-state index contributed by atoms with van der Waals surface area (Å²) in [7, 11) is 0. The Kier molecular flexibility index (Phi) is 5.03. The number of aromatic nitrogens is 3. The highest BCUT2D eigenvalue weighted by atomic mass is 35.5. The van der Waals surface area contributed by atoms with Crippen LogP contribution in [-0.2, 0) is 9.59 Å². The number of likely N-dealkylation sites (tertiary alicyclic amines) is 1. The van der Waals surface area contributed by atoms with Crippen molar-refractivity contribution < 1.29 is 9.59 Å². The molecular weight excluding hydrogens is 342 g/mol. The van der Waals surface area contributed by atoms with E-state index in [9.17, 15) is 9.59 Å². The Morgan fingerprint density at radius 2 is 2.04 bits per heavy atom. The lowest BCUT2D eigenvalue weighted by atomic mass is 9.96. The average molecular weight is 362 g/mol. The summed E-state index contributed by atoms with van der Waals surface area (Å²) in [5.41, 5.74) is 6.84. The molecule has 132 valence electrons. The summed E-state index contributed by atoms with van der Waals surface area (Å²) in [6.07, 6.45) is 2.96. The zero-order valence-electron chi connectivity index (χ0n) is 13.9. The van der Waals surface area contributed by atoms with Gasteiger partial charge in [0.15, 0.2) is 0 Å². The number of carbonyl (C=O) groups excluding carboxylic acids is 2. The summed E-state index contributed by atoms with van der Waals surface area (Å²) in [6, 6.07) is 6.86. The van der Waals surface area contributed by atoms with E-state index < -0.39 is 6.04 Å². The van der Waals surface area contributed by atoms with E-state index in [2.05, 4.69) is 10.3 Å². The van der Waals surface area contributed by atoms with Crippen molar-refractivity contribution in [3.05, 3.63) is 35.5 Å². The van der Waals surface area contributed by atoms with Crippen LogP contribution in [0.2, 0.25) is 5.02 Å². The summed E-state index contributed by atoms with van der Waals surface area (Å²) < 4.78 is 1.55. The monoisotopic (exact) mass is 361 g/mol. The van der Waals surface area contributed by atoms with Gasteiger partial charge in [-0.3, -0.25) is 9.59 Å². The summed E-state index contributed by atoms with van der Waals surface area (Å²) in [4.78, 5) is 25.7. The molecule has 25 heavy (non-hydrogen) atoms. The molecule has 1 atom stereocenters. The highest BCUT2D eigenvalue weighted by Gasteiger charge is 2.29. The van der Waals surface area contributed by atoms with Crippen molar-refractivity contribution >= 4 is 23.4 Å². The van der Waals surface area contributed by atoms with Gasteiger partial charge in [-0.25, -0.2) is 4.68 Å². The lowest BCUT2D eigenvalue weighted by Crippen LogP contribution is -2.44. The first kappa shape index (κ1) is 17.4. The highest BCUT2D eigenvalue weighted by molar-refractivity contribution is 6.30. The van der Waals surface area contributed by atoms with Gasteiger partial charge < -0.3 is 10.6 Å². The van der Waals surface area contributed by atoms with Gasteiger partial charge in [0.05, 0.1) is 6.20 Å². The fourth-order valence-corrected chi connectivity index (χ4v) is 3.20. The molecule has 1 aromatic carbocycles. The van der Waals surface area contributed by atoms with E-state index in [-0.39, 0.29) is 17.7 Å². The van der Waals surface area contributed by atoms with Crippen LogP contribution < -0.4 is 5.73 Å². The molecule has 0 bridgehead atoms. The fourth-order valence-electron chi connectivity index (χ4n) is 3.01. The minimum Gasteiger partial charge on any atom is -0.369 e. The summed E-state index contributed by atoms with van der Waals surface area (Å²) >= 11 is 6.00. The Balaban J connectivity index is 1.68. The van der Waals surface area contributed by atoms with E-state index in [1.54, 1.807) is 34.8 Å². The van der Waals surface area contributed by atoms with Crippen LogP contribution in [-0.4, -0.2) is 44.8 Å². The SMILES string of the molecule is CC(C(=O)N1CCC(C(N)=O)CC1)n1cc(-c2cccc(Cl)c2)nn1. The fraction of sp³-hybridized carbons (Fsp3) is 0.412. The molecule has 1 aliphatic heterocycles. The second-order valence-corrected chi connectivity index (χ2v) is 6.71. The van der Waals surface area contributed by atoms with Crippen molar-refractivity contribution in [1.29, 1.82) is 0 Å². The molecule has 1 fully saturated rings. The number of primary amides is 1. The first-order valence-electron chi connectivity index (χ1n) is 8.21. The van der Waals surface area contributed by atoms with Crippen LogP contribution in [0.4, 0.5) is 0 Å². The average Bonchev–Trinajstić information content (AvgIpc) is 3.10. The second-order valence-electron chi connectivity index (χ2n) is 6.27. The van der Waals surface area contributed by atoms with E-state index in [1.165, 1.54) is 0 Å². The van der Waals surface area contributed by atoms with E-state index >= 15 is 0 Å². The van der Waals surface area contributed by atoms with E-state index in [1.807, 2.05) is 12.1 Å². The molecule has 8 heteroatoms. The van der Waals surface area contributed by atoms with Crippen molar-refractivity contribution in [3.63, 3.8) is 0 Å². The van der Waals surface area contributed by atoms with Gasteiger partial charge >= 0.3 is 0 Å². The second kappa shape index (κ2) is 7.23. The quantitative estimate of drug-likeness (QED) is 0.899. The first-order chi connectivity index (χ1) is 12.0. The predicted octanol–water partition coefficient (Wildman–Crippen LogP) is 1.88. The summed E-state index contributed by atoms with van der Waals surface area (Å²) in [6.45, 7) is 2.86. The maximum Gasteiger partial charge on any atom is 0.247 e. The number of halogens is 1. The van der Waals surface area contributed by atoms with Gasteiger partial charge in [-0.1, -0.05) is 28.9 Å². The third-order valence-corrected chi connectivity index (χ3v) is 4.83. The van der Waals surface area contributed by atoms with E-state index in [0.29, 0.717) is 36.6 Å². The standard InChI is InChI=1S/C17H20ClN5O2/c1-11(17(25)22-7-5-12(6-8-22)16(19)24)23-10-15(20-21-23)13-3-2-4-14(18)9-13/h2-4,9-12H,5-8H2,1H3,(H2,19,24). The van der Waals surface area contributed by atoms with Crippen LogP contribution in [0.5, 0.6) is 0 Å². The Bertz CT molecular complexity index is 783. The zero-order chi connectivity index (χ0) is 18.0. The Labute approximate surface area is 150 Å². The lowest BCUT2D eigenvalue weighted by molar-refractivity contribution is -0.137. The van der Waals surface area contributed by atoms with Crippen molar-refractivity contribution in [2.75, 3.05) is 13.1 Å². The molecule has 3 rings (SSSR count). The number of hydrogen-bond donors (Lipinski definition) is 1. The van der Waals surface area contributed by atoms with Crippen LogP contribution >= 0.6 is 11.6 Å². The van der Waals surface area contributed by atoms with Gasteiger partial charge in [-0.2, -0.15) is 0 Å². The number of benzene rings is 1. The molecule has 2 aromatic rings. The number of piperidine rings is 1. The molecule has 2 heterocycles. The third-order valence-electron chi connectivity index (χ3n) is 4.59. The van der Waals surface area contributed by atoms with Gasteiger partial charge in [-0.05, 0) is 31.9 Å². The molecule has 0 aliphatic carbocycles. The summed E-state index contributed by atoms with van der Waals surface area (Å²) in [5, 5.41) is 8.84. The highest BCUT2D eigenvalue weighted by Crippen LogP contribution is 2.23. The first-order valence-corrected chi connectivity index (χ1v) is 8.59. The van der Waals surface area contributed by atoms with Crippen molar-refractivity contribution in [3.8, 4) is 11.3 Å². The van der Waals surface area contributed by atoms with Gasteiger partial charge in [0.2, 0.25) is 11.8 Å². The van der Waals surface area contributed by atoms with Crippen molar-refractivity contribution in [2.45, 2.75) is 25.8 Å². The molecule has 0 radical (unpaired) electrons. The Hall–Kier alpha value is -2.41. The molecular formula is C17H20ClN5O2. The molecule has 0 spiro atoms. The van der Waals surface area contributed by atoms with Crippen molar-refractivity contribution in [2.24, 2.45) is 11.7 Å². The van der Waals surface area contributed by atoms with Crippen LogP contribution in [0.3, 0.4) is 0 Å². The number of amides is 2. The molecule has 1 aromatic heterocycles. The molecule has 7 nitrogen and oxygen atoms in total. The topological polar surface area (TPSA) is 94.1 Å². The van der Waals surface area contributed by atoms with Gasteiger partial charge in [-0.15, -0.1) is 5.10 Å². The minimum atomic E-state index is -0.467. The minimum absolute atomic E-state index is 0.0366. The maximum atomic E-state index is 12.7. The number of nitrogens with zero attached hydrogens (tertiary/aromatic N) is 4. The molecule has 1 aliphatic rings. The maximum absolute atomic E-state index is 12.7.